The Labute approximate surface area is 189 Å². The first-order valence-electron chi connectivity index (χ1n) is 9.25. The molecule has 31 heavy (non-hydrogen) atoms. The van der Waals surface area contributed by atoms with E-state index in [0.29, 0.717) is 10.7 Å². The lowest BCUT2D eigenvalue weighted by molar-refractivity contribution is -0.119. The number of nitrogens with one attached hydrogen (secondary N) is 1. The summed E-state index contributed by atoms with van der Waals surface area (Å²) in [6, 6.07) is 16.2. The number of amides is 2. The molecule has 0 saturated carbocycles. The zero-order valence-corrected chi connectivity index (χ0v) is 18.4. The number of aryl methyl sites for hydroxylation is 1. The smallest absolute Gasteiger partial charge is 0.255 e. The van der Waals surface area contributed by atoms with Gasteiger partial charge in [0, 0.05) is 16.3 Å². The fourth-order valence-electron chi connectivity index (χ4n) is 2.98. The second-order valence-corrected chi connectivity index (χ2v) is 7.58. The van der Waals surface area contributed by atoms with Crippen molar-refractivity contribution in [2.24, 2.45) is 5.73 Å². The highest BCUT2D eigenvalue weighted by Gasteiger charge is 2.17. The fourth-order valence-corrected chi connectivity index (χ4v) is 3.44. The van der Waals surface area contributed by atoms with Crippen LogP contribution in [0.3, 0.4) is 0 Å². The van der Waals surface area contributed by atoms with Crippen molar-refractivity contribution in [3.8, 4) is 22.6 Å². The van der Waals surface area contributed by atoms with Crippen LogP contribution in [0.4, 0.5) is 5.69 Å². The van der Waals surface area contributed by atoms with E-state index in [0.717, 1.165) is 16.7 Å². The molecule has 3 aromatic rings. The van der Waals surface area contributed by atoms with Gasteiger partial charge in [-0.05, 0) is 60.0 Å². The van der Waals surface area contributed by atoms with E-state index in [1.54, 1.807) is 0 Å². The summed E-state index contributed by atoms with van der Waals surface area (Å²) in [6.45, 7) is 1.54. The quantitative estimate of drug-likeness (QED) is 0.515. The lowest BCUT2D eigenvalue weighted by Gasteiger charge is -2.14. The number of anilines is 1. The molecule has 0 fully saturated rings. The minimum atomic E-state index is -0.656. The normalized spacial score (nSPS) is 10.5. The summed E-state index contributed by atoms with van der Waals surface area (Å²) >= 11 is 12.3. The summed E-state index contributed by atoms with van der Waals surface area (Å²) < 4.78 is 10.5. The standard InChI is InChI=1S/C23H20Cl2N2O4/c1-13-8-15(14-4-3-5-17(24)9-14)6-7-19(13)27-23(29)16-10-18(25)22(20(11-16)30-2)31-12-21(26)28/h3-11H,12H2,1-2H3,(H2,26,28)(H,27,29). The SMILES string of the molecule is COc1cc(C(=O)Nc2ccc(-c3cccc(Cl)c3)cc2C)cc(Cl)c1OCC(N)=O. The third kappa shape index (κ3) is 5.48. The molecule has 0 unspecified atom stereocenters. The molecule has 0 atom stereocenters. The molecule has 0 aliphatic heterocycles. The molecule has 0 aliphatic rings. The summed E-state index contributed by atoms with van der Waals surface area (Å²) in [6.07, 6.45) is 0. The Balaban J connectivity index is 1.82. The van der Waals surface area contributed by atoms with Crippen LogP contribution in [-0.4, -0.2) is 25.5 Å². The van der Waals surface area contributed by atoms with Gasteiger partial charge in [0.2, 0.25) is 0 Å². The van der Waals surface area contributed by atoms with Crippen LogP contribution < -0.4 is 20.5 Å². The van der Waals surface area contributed by atoms with Crippen molar-refractivity contribution in [1.82, 2.24) is 0 Å². The molecule has 0 aliphatic carbocycles. The molecule has 0 aromatic heterocycles. The second-order valence-electron chi connectivity index (χ2n) is 6.74. The maximum absolute atomic E-state index is 12.8. The maximum Gasteiger partial charge on any atom is 0.255 e. The van der Waals surface area contributed by atoms with Crippen LogP contribution in [0.2, 0.25) is 10.0 Å². The van der Waals surface area contributed by atoms with Gasteiger partial charge in [-0.1, -0.05) is 41.4 Å². The molecule has 8 heteroatoms. The van der Waals surface area contributed by atoms with Crippen LogP contribution >= 0.6 is 23.2 Å². The minimum Gasteiger partial charge on any atom is -0.493 e. The third-order valence-electron chi connectivity index (χ3n) is 4.48. The lowest BCUT2D eigenvalue weighted by Crippen LogP contribution is -2.20. The Bertz CT molecular complexity index is 1150. The first-order valence-corrected chi connectivity index (χ1v) is 10.0. The van der Waals surface area contributed by atoms with Crippen LogP contribution in [-0.2, 0) is 4.79 Å². The van der Waals surface area contributed by atoms with Gasteiger partial charge in [-0.2, -0.15) is 0 Å². The lowest BCUT2D eigenvalue weighted by atomic mass is 10.0. The topological polar surface area (TPSA) is 90.7 Å². The number of primary amides is 1. The Kier molecular flexibility index (Phi) is 7.05. The number of carbonyl (C=O) groups is 2. The van der Waals surface area contributed by atoms with Crippen molar-refractivity contribution < 1.29 is 19.1 Å². The molecule has 160 valence electrons. The van der Waals surface area contributed by atoms with Gasteiger partial charge in [0.05, 0.1) is 12.1 Å². The fraction of sp³-hybridized carbons (Fsp3) is 0.130. The number of methoxy groups -OCH3 is 1. The van der Waals surface area contributed by atoms with E-state index < -0.39 is 5.91 Å². The highest BCUT2D eigenvalue weighted by atomic mass is 35.5. The zero-order valence-electron chi connectivity index (χ0n) is 16.9. The molecule has 3 N–H and O–H groups in total. The number of ether oxygens (including phenoxy) is 2. The highest BCUT2D eigenvalue weighted by Crippen LogP contribution is 2.37. The van der Waals surface area contributed by atoms with Crippen LogP contribution in [0.5, 0.6) is 11.5 Å². The molecule has 0 spiro atoms. The summed E-state index contributed by atoms with van der Waals surface area (Å²) in [7, 11) is 1.41. The van der Waals surface area contributed by atoms with Gasteiger partial charge in [0.25, 0.3) is 11.8 Å². The van der Waals surface area contributed by atoms with Gasteiger partial charge in [0.15, 0.2) is 18.1 Å². The molecule has 0 saturated heterocycles. The number of halogens is 2. The van der Waals surface area contributed by atoms with Gasteiger partial charge in [-0.25, -0.2) is 0 Å². The van der Waals surface area contributed by atoms with Crippen molar-refractivity contribution in [2.45, 2.75) is 6.92 Å². The maximum atomic E-state index is 12.8. The number of benzene rings is 3. The number of rotatable bonds is 7. The monoisotopic (exact) mass is 458 g/mol. The summed E-state index contributed by atoms with van der Waals surface area (Å²) in [5.74, 6) is -0.676. The highest BCUT2D eigenvalue weighted by molar-refractivity contribution is 6.33. The van der Waals surface area contributed by atoms with Crippen LogP contribution in [0.1, 0.15) is 15.9 Å². The van der Waals surface area contributed by atoms with E-state index >= 15 is 0 Å². The number of nitrogens with two attached hydrogens (primary N) is 1. The van der Waals surface area contributed by atoms with E-state index in [2.05, 4.69) is 5.32 Å². The van der Waals surface area contributed by atoms with Gasteiger partial charge >= 0.3 is 0 Å². The Morgan fingerprint density at radius 1 is 1.03 bits per heavy atom. The minimum absolute atomic E-state index is 0.124. The van der Waals surface area contributed by atoms with Crippen molar-refractivity contribution in [2.75, 3.05) is 19.0 Å². The van der Waals surface area contributed by atoms with Crippen molar-refractivity contribution in [3.63, 3.8) is 0 Å². The number of carbonyl (C=O) groups excluding carboxylic acids is 2. The molecule has 3 aromatic carbocycles. The van der Waals surface area contributed by atoms with Crippen molar-refractivity contribution >= 4 is 40.7 Å². The largest absolute Gasteiger partial charge is 0.493 e. The summed E-state index contributed by atoms with van der Waals surface area (Å²) in [5.41, 5.74) is 8.87. The van der Waals surface area contributed by atoms with Gasteiger partial charge < -0.3 is 20.5 Å². The van der Waals surface area contributed by atoms with Crippen LogP contribution in [0.25, 0.3) is 11.1 Å². The predicted molar refractivity (Wildman–Crippen MR) is 122 cm³/mol. The average molecular weight is 459 g/mol. The first-order chi connectivity index (χ1) is 14.8. The number of hydrogen-bond donors (Lipinski definition) is 2. The van der Waals surface area contributed by atoms with E-state index in [1.165, 1.54) is 19.2 Å². The number of hydrogen-bond acceptors (Lipinski definition) is 4. The molecule has 0 radical (unpaired) electrons. The first kappa shape index (κ1) is 22.5. The van der Waals surface area contributed by atoms with Crippen LogP contribution in [0, 0.1) is 6.92 Å². The van der Waals surface area contributed by atoms with E-state index in [1.807, 2.05) is 49.4 Å². The molecular formula is C23H20Cl2N2O4. The van der Waals surface area contributed by atoms with Gasteiger partial charge in [0.1, 0.15) is 0 Å². The van der Waals surface area contributed by atoms with Crippen LogP contribution in [0.15, 0.2) is 54.6 Å². The Hall–Kier alpha value is -3.22. The predicted octanol–water partition coefficient (Wildman–Crippen LogP) is 5.09. The van der Waals surface area contributed by atoms with E-state index in [4.69, 9.17) is 38.4 Å². The molecule has 3 rings (SSSR count). The van der Waals surface area contributed by atoms with E-state index in [-0.39, 0.29) is 34.6 Å². The summed E-state index contributed by atoms with van der Waals surface area (Å²) in [5, 5.41) is 3.65. The third-order valence-corrected chi connectivity index (χ3v) is 5.00. The molecule has 0 bridgehead atoms. The average Bonchev–Trinajstić information content (AvgIpc) is 2.73. The Morgan fingerprint density at radius 3 is 2.42 bits per heavy atom. The van der Waals surface area contributed by atoms with E-state index in [9.17, 15) is 9.59 Å². The molecule has 0 heterocycles. The van der Waals surface area contributed by atoms with Crippen molar-refractivity contribution in [3.05, 3.63) is 75.8 Å². The molecular weight excluding hydrogens is 439 g/mol. The molecule has 2 amide bonds. The zero-order chi connectivity index (χ0) is 22.5. The van der Waals surface area contributed by atoms with Gasteiger partial charge in [-0.15, -0.1) is 0 Å². The molecule has 6 nitrogen and oxygen atoms in total. The van der Waals surface area contributed by atoms with Crippen molar-refractivity contribution in [1.29, 1.82) is 0 Å². The summed E-state index contributed by atoms with van der Waals surface area (Å²) in [4.78, 5) is 23.8. The Morgan fingerprint density at radius 2 is 1.77 bits per heavy atom. The second kappa shape index (κ2) is 9.73. The van der Waals surface area contributed by atoms with Gasteiger partial charge in [-0.3, -0.25) is 9.59 Å².